The molecule has 22 heavy (non-hydrogen) atoms. The molecule has 1 saturated heterocycles. The number of amides is 1. The Morgan fingerprint density at radius 2 is 1.95 bits per heavy atom. The first-order chi connectivity index (χ1) is 10.5. The van der Waals surface area contributed by atoms with Gasteiger partial charge in [0.15, 0.2) is 0 Å². The van der Waals surface area contributed by atoms with Crippen LogP contribution >= 0.6 is 0 Å². The molecule has 2 aliphatic rings. The number of carboxylic acids is 1. The molecule has 5 heteroatoms. The highest BCUT2D eigenvalue weighted by Gasteiger charge is 2.37. The second-order valence-electron chi connectivity index (χ2n) is 6.97. The molecule has 0 aromatic carbocycles. The predicted octanol–water partition coefficient (Wildman–Crippen LogP) is 2.68. The van der Waals surface area contributed by atoms with Gasteiger partial charge in [-0.05, 0) is 18.3 Å². The van der Waals surface area contributed by atoms with Gasteiger partial charge in [0.1, 0.15) is 0 Å². The summed E-state index contributed by atoms with van der Waals surface area (Å²) in [4.78, 5) is 25.4. The summed E-state index contributed by atoms with van der Waals surface area (Å²) in [5.74, 6) is 0.292. The maximum atomic E-state index is 12.6. The maximum absolute atomic E-state index is 12.6. The number of aliphatic carboxylic acids is 1. The van der Waals surface area contributed by atoms with Crippen molar-refractivity contribution in [2.75, 3.05) is 13.7 Å². The quantitative estimate of drug-likeness (QED) is 0.819. The SMILES string of the molecule is COC1CC(CC(=O)O)N(C(=O)CC(C)C2CCCCC2)C1. The Morgan fingerprint density at radius 3 is 2.55 bits per heavy atom. The second kappa shape index (κ2) is 7.95. The van der Waals surface area contributed by atoms with Crippen molar-refractivity contribution in [1.29, 1.82) is 0 Å². The van der Waals surface area contributed by atoms with Crippen LogP contribution in [0.4, 0.5) is 0 Å². The van der Waals surface area contributed by atoms with E-state index in [1.165, 1.54) is 32.1 Å². The second-order valence-corrected chi connectivity index (χ2v) is 6.97. The molecule has 1 N–H and O–H groups in total. The van der Waals surface area contributed by atoms with Crippen molar-refractivity contribution in [1.82, 2.24) is 4.90 Å². The fourth-order valence-corrected chi connectivity index (χ4v) is 4.01. The minimum atomic E-state index is -0.847. The molecule has 5 nitrogen and oxygen atoms in total. The van der Waals surface area contributed by atoms with E-state index in [0.29, 0.717) is 31.2 Å². The zero-order chi connectivity index (χ0) is 16.1. The fourth-order valence-electron chi connectivity index (χ4n) is 4.01. The van der Waals surface area contributed by atoms with Gasteiger partial charge in [0.2, 0.25) is 5.91 Å². The number of carbonyl (C=O) groups is 2. The molecule has 3 atom stereocenters. The van der Waals surface area contributed by atoms with E-state index in [1.807, 2.05) is 0 Å². The van der Waals surface area contributed by atoms with E-state index < -0.39 is 5.97 Å². The molecule has 2 fully saturated rings. The number of rotatable bonds is 6. The number of hydrogen-bond acceptors (Lipinski definition) is 3. The molecule has 1 saturated carbocycles. The van der Waals surface area contributed by atoms with Crippen LogP contribution in [0.2, 0.25) is 0 Å². The summed E-state index contributed by atoms with van der Waals surface area (Å²) in [5, 5.41) is 9.04. The fraction of sp³-hybridized carbons (Fsp3) is 0.882. The number of hydrogen-bond donors (Lipinski definition) is 1. The smallest absolute Gasteiger partial charge is 0.305 e. The van der Waals surface area contributed by atoms with Crippen molar-refractivity contribution in [2.45, 2.75) is 70.4 Å². The van der Waals surface area contributed by atoms with Gasteiger partial charge in [-0.3, -0.25) is 9.59 Å². The first-order valence-electron chi connectivity index (χ1n) is 8.55. The molecule has 0 aromatic rings. The lowest BCUT2D eigenvalue weighted by Gasteiger charge is -2.30. The number of nitrogens with zero attached hydrogens (tertiary/aromatic N) is 1. The Balaban J connectivity index is 1.92. The molecular weight excluding hydrogens is 282 g/mol. The average molecular weight is 311 g/mol. The van der Waals surface area contributed by atoms with E-state index in [-0.39, 0.29) is 24.5 Å². The Morgan fingerprint density at radius 1 is 1.27 bits per heavy atom. The Kier molecular flexibility index (Phi) is 6.24. The topological polar surface area (TPSA) is 66.8 Å². The third-order valence-corrected chi connectivity index (χ3v) is 5.39. The monoisotopic (exact) mass is 311 g/mol. The van der Waals surface area contributed by atoms with Crippen molar-refractivity contribution in [3.63, 3.8) is 0 Å². The normalized spacial score (nSPS) is 27.8. The molecule has 1 heterocycles. The molecule has 126 valence electrons. The summed E-state index contributed by atoms with van der Waals surface area (Å²) in [5.41, 5.74) is 0. The Labute approximate surface area is 133 Å². The standard InChI is InChI=1S/C17H29NO4/c1-12(13-6-4-3-5-7-13)8-16(19)18-11-15(22-2)9-14(18)10-17(20)21/h12-15H,3-11H2,1-2H3,(H,20,21). The summed E-state index contributed by atoms with van der Waals surface area (Å²) in [6, 6.07) is -0.214. The lowest BCUT2D eigenvalue weighted by molar-refractivity contribution is -0.140. The molecule has 0 bridgehead atoms. The van der Waals surface area contributed by atoms with Gasteiger partial charge in [-0.2, -0.15) is 0 Å². The van der Waals surface area contributed by atoms with E-state index in [1.54, 1.807) is 12.0 Å². The summed E-state index contributed by atoms with van der Waals surface area (Å²) < 4.78 is 5.34. The number of likely N-dealkylation sites (tertiary alicyclic amines) is 1. The van der Waals surface area contributed by atoms with Crippen LogP contribution in [0.3, 0.4) is 0 Å². The molecule has 1 aliphatic heterocycles. The maximum Gasteiger partial charge on any atom is 0.305 e. The minimum absolute atomic E-state index is 0.0173. The zero-order valence-corrected chi connectivity index (χ0v) is 13.8. The molecule has 2 rings (SSSR count). The third-order valence-electron chi connectivity index (χ3n) is 5.39. The summed E-state index contributed by atoms with van der Waals surface area (Å²) in [7, 11) is 1.63. The van der Waals surface area contributed by atoms with Crippen LogP contribution < -0.4 is 0 Å². The molecule has 3 unspecified atom stereocenters. The lowest BCUT2D eigenvalue weighted by Crippen LogP contribution is -2.38. The number of ether oxygens (including phenoxy) is 1. The van der Waals surface area contributed by atoms with Crippen molar-refractivity contribution in [3.05, 3.63) is 0 Å². The molecule has 1 aliphatic carbocycles. The number of methoxy groups -OCH3 is 1. The van der Waals surface area contributed by atoms with E-state index in [2.05, 4.69) is 6.92 Å². The van der Waals surface area contributed by atoms with Crippen LogP contribution in [0.1, 0.15) is 58.3 Å². The molecule has 0 spiro atoms. The lowest BCUT2D eigenvalue weighted by atomic mass is 9.79. The Bertz CT molecular complexity index is 392. The van der Waals surface area contributed by atoms with Crippen LogP contribution in [0.15, 0.2) is 0 Å². The summed E-state index contributed by atoms with van der Waals surface area (Å²) >= 11 is 0. The number of carbonyl (C=O) groups excluding carboxylic acids is 1. The van der Waals surface area contributed by atoms with Crippen LogP contribution in [-0.4, -0.2) is 47.7 Å². The Hall–Kier alpha value is -1.10. The van der Waals surface area contributed by atoms with Crippen LogP contribution in [0, 0.1) is 11.8 Å². The van der Waals surface area contributed by atoms with Crippen molar-refractivity contribution >= 4 is 11.9 Å². The highest BCUT2D eigenvalue weighted by atomic mass is 16.5. The molecule has 0 radical (unpaired) electrons. The first-order valence-corrected chi connectivity index (χ1v) is 8.55. The van der Waals surface area contributed by atoms with Gasteiger partial charge in [-0.25, -0.2) is 0 Å². The van der Waals surface area contributed by atoms with E-state index >= 15 is 0 Å². The minimum Gasteiger partial charge on any atom is -0.481 e. The summed E-state index contributed by atoms with van der Waals surface area (Å²) in [6.07, 6.45) is 7.49. The van der Waals surface area contributed by atoms with Gasteiger partial charge in [0.05, 0.1) is 12.5 Å². The van der Waals surface area contributed by atoms with E-state index in [0.717, 1.165) is 0 Å². The van der Waals surface area contributed by atoms with Gasteiger partial charge in [-0.15, -0.1) is 0 Å². The van der Waals surface area contributed by atoms with Gasteiger partial charge in [-0.1, -0.05) is 39.0 Å². The van der Waals surface area contributed by atoms with Gasteiger partial charge in [0.25, 0.3) is 0 Å². The molecular formula is C17H29NO4. The van der Waals surface area contributed by atoms with E-state index in [9.17, 15) is 9.59 Å². The predicted molar refractivity (Wildman–Crippen MR) is 83.5 cm³/mol. The largest absolute Gasteiger partial charge is 0.481 e. The number of carboxylic acid groups (broad SMARTS) is 1. The molecule has 0 aromatic heterocycles. The van der Waals surface area contributed by atoms with E-state index in [4.69, 9.17) is 9.84 Å². The van der Waals surface area contributed by atoms with Gasteiger partial charge in [0, 0.05) is 26.1 Å². The van der Waals surface area contributed by atoms with Crippen LogP contribution in [-0.2, 0) is 14.3 Å². The van der Waals surface area contributed by atoms with Crippen molar-refractivity contribution < 1.29 is 19.4 Å². The first kappa shape index (κ1) is 17.3. The van der Waals surface area contributed by atoms with Crippen molar-refractivity contribution in [2.24, 2.45) is 11.8 Å². The van der Waals surface area contributed by atoms with Gasteiger partial charge < -0.3 is 14.7 Å². The van der Waals surface area contributed by atoms with Crippen molar-refractivity contribution in [3.8, 4) is 0 Å². The van der Waals surface area contributed by atoms with Crippen LogP contribution in [0.5, 0.6) is 0 Å². The average Bonchev–Trinajstić information content (AvgIpc) is 2.90. The molecule has 1 amide bonds. The third kappa shape index (κ3) is 4.45. The highest BCUT2D eigenvalue weighted by molar-refractivity contribution is 5.78. The van der Waals surface area contributed by atoms with Gasteiger partial charge >= 0.3 is 5.97 Å². The summed E-state index contributed by atoms with van der Waals surface area (Å²) in [6.45, 7) is 2.70. The van der Waals surface area contributed by atoms with Crippen LogP contribution in [0.25, 0.3) is 0 Å². The highest BCUT2D eigenvalue weighted by Crippen LogP contribution is 2.33. The zero-order valence-electron chi connectivity index (χ0n) is 13.8.